The molecule has 0 aromatic heterocycles. The summed E-state index contributed by atoms with van der Waals surface area (Å²) in [5, 5.41) is 10.4. The Hall–Kier alpha value is -1.35. The lowest BCUT2D eigenvalue weighted by atomic mass is 9.86. The highest BCUT2D eigenvalue weighted by molar-refractivity contribution is 8.00. The topological polar surface area (TPSA) is 20.2 Å². The number of hydrogen-bond acceptors (Lipinski definition) is 2. The normalized spacial score (nSPS) is 17.2. The van der Waals surface area contributed by atoms with Crippen LogP contribution in [0.15, 0.2) is 35.2 Å². The van der Waals surface area contributed by atoms with Crippen LogP contribution in [-0.2, 0) is 12.8 Å². The van der Waals surface area contributed by atoms with Gasteiger partial charge in [-0.1, -0.05) is 29.7 Å². The summed E-state index contributed by atoms with van der Waals surface area (Å²) in [6, 6.07) is 10.5. The van der Waals surface area contributed by atoms with Crippen molar-refractivity contribution in [2.75, 3.05) is 0 Å². The summed E-state index contributed by atoms with van der Waals surface area (Å²) >= 11 is 1.95. The summed E-state index contributed by atoms with van der Waals surface area (Å²) in [5.74, 6) is 0.230. The Balaban J connectivity index is 1.84. The van der Waals surface area contributed by atoms with Crippen LogP contribution in [0.5, 0.6) is 5.75 Å². The van der Waals surface area contributed by atoms with E-state index >= 15 is 0 Å². The molecule has 2 radical (unpaired) electrons. The van der Waals surface area contributed by atoms with Crippen LogP contribution in [0, 0.1) is 13.8 Å². The van der Waals surface area contributed by atoms with Gasteiger partial charge in [0.2, 0.25) is 0 Å². The van der Waals surface area contributed by atoms with Crippen LogP contribution in [0.25, 0.3) is 0 Å². The van der Waals surface area contributed by atoms with Gasteiger partial charge in [0.25, 0.3) is 0 Å². The fraction of sp³-hybridized carbons (Fsp3) is 0.294. The maximum atomic E-state index is 9.88. The second-order valence-corrected chi connectivity index (χ2v) is 6.82. The molecule has 0 spiro atoms. The fourth-order valence-electron chi connectivity index (χ4n) is 2.82. The SMILES string of the molecule is [B]c1cc(CC2Cc3ccccc3S2)c(C)c(C)c1O. The second-order valence-electron chi connectivity index (χ2n) is 5.48. The summed E-state index contributed by atoms with van der Waals surface area (Å²) in [6.07, 6.45) is 2.11. The van der Waals surface area contributed by atoms with Crippen molar-refractivity contribution in [1.82, 2.24) is 0 Å². The zero-order valence-corrected chi connectivity index (χ0v) is 12.6. The molecule has 1 heterocycles. The molecule has 3 rings (SSSR count). The van der Waals surface area contributed by atoms with E-state index in [0.29, 0.717) is 10.7 Å². The minimum atomic E-state index is 0.230. The molecule has 1 N–H and O–H groups in total. The predicted molar refractivity (Wildman–Crippen MR) is 86.5 cm³/mol. The first kappa shape index (κ1) is 13.6. The van der Waals surface area contributed by atoms with Crippen molar-refractivity contribution in [3.8, 4) is 5.75 Å². The molecule has 0 fully saturated rings. The lowest BCUT2D eigenvalue weighted by Crippen LogP contribution is -2.13. The molecule has 0 amide bonds. The average molecular weight is 280 g/mol. The molecule has 1 nitrogen and oxygen atoms in total. The zero-order valence-electron chi connectivity index (χ0n) is 11.8. The quantitative estimate of drug-likeness (QED) is 0.853. The van der Waals surface area contributed by atoms with E-state index in [-0.39, 0.29) is 5.75 Å². The van der Waals surface area contributed by atoms with Crippen LogP contribution in [0.2, 0.25) is 0 Å². The summed E-state index contributed by atoms with van der Waals surface area (Å²) in [6.45, 7) is 4.00. The Morgan fingerprint density at radius 2 is 2.00 bits per heavy atom. The van der Waals surface area contributed by atoms with Crippen LogP contribution in [0.1, 0.15) is 22.3 Å². The largest absolute Gasteiger partial charge is 0.508 e. The van der Waals surface area contributed by atoms with Gasteiger partial charge in [-0.15, -0.1) is 11.8 Å². The molecule has 0 bridgehead atoms. The van der Waals surface area contributed by atoms with Crippen LogP contribution in [-0.4, -0.2) is 18.2 Å². The van der Waals surface area contributed by atoms with E-state index in [4.69, 9.17) is 7.85 Å². The van der Waals surface area contributed by atoms with Crippen LogP contribution in [0.3, 0.4) is 0 Å². The van der Waals surface area contributed by atoms with E-state index in [2.05, 4.69) is 31.2 Å². The first-order chi connectivity index (χ1) is 9.56. The van der Waals surface area contributed by atoms with Gasteiger partial charge >= 0.3 is 0 Å². The number of rotatable bonds is 2. The number of thioether (sulfide) groups is 1. The molecule has 20 heavy (non-hydrogen) atoms. The van der Waals surface area contributed by atoms with E-state index in [1.165, 1.54) is 16.0 Å². The van der Waals surface area contributed by atoms with E-state index in [1.807, 2.05) is 24.8 Å². The van der Waals surface area contributed by atoms with E-state index in [1.54, 1.807) is 0 Å². The molecule has 1 aliphatic heterocycles. The third-order valence-corrected chi connectivity index (χ3v) is 5.48. The highest BCUT2D eigenvalue weighted by Gasteiger charge is 2.23. The van der Waals surface area contributed by atoms with Crippen LogP contribution in [0.4, 0.5) is 0 Å². The molecule has 2 aromatic rings. The molecule has 1 aliphatic rings. The van der Waals surface area contributed by atoms with E-state index in [9.17, 15) is 5.11 Å². The Morgan fingerprint density at radius 3 is 2.75 bits per heavy atom. The monoisotopic (exact) mass is 280 g/mol. The third-order valence-electron chi connectivity index (χ3n) is 4.16. The standard InChI is InChI=1S/C17H17BOS/c1-10-11(2)17(19)15(18)9-13(10)8-14-7-12-5-3-4-6-16(12)20-14/h3-6,9,14,19H,7-8H2,1-2H3. The number of benzene rings is 2. The van der Waals surface area contributed by atoms with E-state index < -0.39 is 0 Å². The highest BCUT2D eigenvalue weighted by atomic mass is 32.2. The van der Waals surface area contributed by atoms with Gasteiger partial charge in [-0.25, -0.2) is 0 Å². The molecule has 100 valence electrons. The van der Waals surface area contributed by atoms with Crippen LogP contribution >= 0.6 is 11.8 Å². The van der Waals surface area contributed by atoms with E-state index in [0.717, 1.165) is 24.0 Å². The average Bonchev–Trinajstić information content (AvgIpc) is 2.84. The number of phenolic OH excluding ortho intramolecular Hbond substituents is 1. The Morgan fingerprint density at radius 1 is 1.25 bits per heavy atom. The summed E-state index contributed by atoms with van der Waals surface area (Å²) in [7, 11) is 5.89. The number of fused-ring (bicyclic) bond motifs is 1. The Bertz CT molecular complexity index is 641. The molecular weight excluding hydrogens is 263 g/mol. The third kappa shape index (κ3) is 2.35. The molecule has 3 heteroatoms. The van der Waals surface area contributed by atoms with Crippen molar-refractivity contribution in [2.24, 2.45) is 0 Å². The van der Waals surface area contributed by atoms with Crippen LogP contribution < -0.4 is 5.46 Å². The molecule has 2 aromatic carbocycles. The fourth-order valence-corrected chi connectivity index (χ4v) is 4.17. The first-order valence-corrected chi connectivity index (χ1v) is 7.76. The number of aromatic hydroxyl groups is 1. The molecule has 1 unspecified atom stereocenters. The van der Waals surface area contributed by atoms with Crippen molar-refractivity contribution in [2.45, 2.75) is 36.8 Å². The van der Waals surface area contributed by atoms with Crippen molar-refractivity contribution < 1.29 is 5.11 Å². The maximum Gasteiger partial charge on any atom is 0.119 e. The van der Waals surface area contributed by atoms with Gasteiger partial charge in [0.1, 0.15) is 13.6 Å². The van der Waals surface area contributed by atoms with Gasteiger partial charge in [-0.3, -0.25) is 0 Å². The molecule has 0 saturated heterocycles. The smallest absolute Gasteiger partial charge is 0.119 e. The van der Waals surface area contributed by atoms with Gasteiger partial charge in [0.15, 0.2) is 0 Å². The molecule has 0 aliphatic carbocycles. The first-order valence-electron chi connectivity index (χ1n) is 6.88. The maximum absolute atomic E-state index is 9.88. The van der Waals surface area contributed by atoms with Gasteiger partial charge in [-0.2, -0.15) is 0 Å². The Labute approximate surface area is 125 Å². The summed E-state index contributed by atoms with van der Waals surface area (Å²) in [4.78, 5) is 1.40. The molecule has 1 atom stereocenters. The number of phenols is 1. The summed E-state index contributed by atoms with van der Waals surface area (Å²) in [5.41, 5.74) is 5.25. The summed E-state index contributed by atoms with van der Waals surface area (Å²) < 4.78 is 0. The van der Waals surface area contributed by atoms with Gasteiger partial charge in [-0.05, 0) is 55.0 Å². The Kier molecular flexibility index (Phi) is 3.55. The predicted octanol–water partition coefficient (Wildman–Crippen LogP) is 3.06. The zero-order chi connectivity index (χ0) is 14.3. The minimum Gasteiger partial charge on any atom is -0.508 e. The number of hydrogen-bond donors (Lipinski definition) is 1. The molecular formula is C17H17BOS. The van der Waals surface area contributed by atoms with Gasteiger partial charge < -0.3 is 5.11 Å². The van der Waals surface area contributed by atoms with Crippen molar-refractivity contribution in [3.63, 3.8) is 0 Å². The molecule has 0 saturated carbocycles. The highest BCUT2D eigenvalue weighted by Crippen LogP contribution is 2.38. The van der Waals surface area contributed by atoms with Crippen molar-refractivity contribution in [3.05, 3.63) is 52.6 Å². The van der Waals surface area contributed by atoms with Crippen molar-refractivity contribution >= 4 is 25.1 Å². The minimum absolute atomic E-state index is 0.230. The second kappa shape index (κ2) is 5.21. The van der Waals surface area contributed by atoms with Gasteiger partial charge in [0.05, 0.1) is 0 Å². The van der Waals surface area contributed by atoms with Crippen molar-refractivity contribution in [1.29, 1.82) is 0 Å². The lowest BCUT2D eigenvalue weighted by molar-refractivity contribution is 0.474. The lowest BCUT2D eigenvalue weighted by Gasteiger charge is -2.16. The van der Waals surface area contributed by atoms with Gasteiger partial charge in [0, 0.05) is 10.1 Å².